The van der Waals surface area contributed by atoms with E-state index in [1.165, 1.54) is 12.8 Å². The third-order valence-electron chi connectivity index (χ3n) is 5.43. The van der Waals surface area contributed by atoms with Crippen molar-refractivity contribution in [2.45, 2.75) is 25.0 Å². The summed E-state index contributed by atoms with van der Waals surface area (Å²) >= 11 is 0. The number of morpholine rings is 1. The average Bonchev–Trinajstić information content (AvgIpc) is 3.33. The first-order chi connectivity index (χ1) is 12.7. The number of aryl methyl sites for hydroxylation is 1. The van der Waals surface area contributed by atoms with E-state index in [1.807, 2.05) is 30.1 Å². The second-order valence-corrected chi connectivity index (χ2v) is 7.16. The second kappa shape index (κ2) is 7.60. The van der Waals surface area contributed by atoms with Gasteiger partial charge in [0.15, 0.2) is 0 Å². The Morgan fingerprint density at radius 2 is 1.96 bits per heavy atom. The van der Waals surface area contributed by atoms with Gasteiger partial charge < -0.3 is 19.1 Å². The van der Waals surface area contributed by atoms with Gasteiger partial charge in [0.2, 0.25) is 0 Å². The molecule has 0 aliphatic carbocycles. The number of imidazole rings is 1. The number of carbonyl (C=O) groups excluding carboxylic acids is 1. The molecule has 3 heterocycles. The summed E-state index contributed by atoms with van der Waals surface area (Å²) in [6.07, 6.45) is 5.81. The van der Waals surface area contributed by atoms with Crippen LogP contribution in [0.2, 0.25) is 0 Å². The topological polar surface area (TPSA) is 50.6 Å². The summed E-state index contributed by atoms with van der Waals surface area (Å²) in [5.74, 6) is 0.0218. The predicted octanol–water partition coefficient (Wildman–Crippen LogP) is 2.10. The number of carbonyl (C=O) groups is 1. The predicted molar refractivity (Wildman–Crippen MR) is 98.8 cm³/mol. The molecule has 4 rings (SSSR count). The summed E-state index contributed by atoms with van der Waals surface area (Å²) in [5, 5.41) is 0. The summed E-state index contributed by atoms with van der Waals surface area (Å²) in [6.45, 7) is 4.29. The monoisotopic (exact) mass is 354 g/mol. The standard InChI is InChI=1S/C20H26N4O2/c1-22-15-21-13-17(22)20(25)24-11-12-26-18(14-23-9-5-6-10-23)19(24)16-7-3-2-4-8-16/h2-4,7-8,13,15,18-19H,5-6,9-12,14H2,1H3/t18-,19-/m0/s1. The molecule has 2 saturated heterocycles. The van der Waals surface area contributed by atoms with E-state index in [0.717, 1.165) is 25.2 Å². The van der Waals surface area contributed by atoms with Crippen LogP contribution in [0.4, 0.5) is 0 Å². The normalized spacial score (nSPS) is 24.1. The molecule has 6 heteroatoms. The van der Waals surface area contributed by atoms with E-state index < -0.39 is 0 Å². The highest BCUT2D eigenvalue weighted by molar-refractivity contribution is 5.92. The van der Waals surface area contributed by atoms with Crippen LogP contribution in [0.3, 0.4) is 0 Å². The lowest BCUT2D eigenvalue weighted by Crippen LogP contribution is -2.51. The van der Waals surface area contributed by atoms with Crippen molar-refractivity contribution in [3.8, 4) is 0 Å². The van der Waals surface area contributed by atoms with Gasteiger partial charge in [-0.3, -0.25) is 4.79 Å². The van der Waals surface area contributed by atoms with Crippen molar-refractivity contribution in [1.82, 2.24) is 19.4 Å². The number of aromatic nitrogens is 2. The van der Waals surface area contributed by atoms with Crippen molar-refractivity contribution in [3.63, 3.8) is 0 Å². The van der Waals surface area contributed by atoms with Gasteiger partial charge in [0.25, 0.3) is 5.91 Å². The summed E-state index contributed by atoms with van der Waals surface area (Å²) in [4.78, 5) is 21.8. The number of hydrogen-bond acceptors (Lipinski definition) is 4. The number of nitrogens with zero attached hydrogens (tertiary/aromatic N) is 4. The van der Waals surface area contributed by atoms with Gasteiger partial charge in [-0.15, -0.1) is 0 Å². The molecule has 0 N–H and O–H groups in total. The van der Waals surface area contributed by atoms with Gasteiger partial charge >= 0.3 is 0 Å². The maximum Gasteiger partial charge on any atom is 0.272 e. The van der Waals surface area contributed by atoms with Gasteiger partial charge in [0.1, 0.15) is 5.69 Å². The van der Waals surface area contributed by atoms with Crippen molar-refractivity contribution in [2.24, 2.45) is 7.05 Å². The SMILES string of the molecule is Cn1cncc1C(=O)N1CCO[C@@H](CN2CCCC2)[C@@H]1c1ccccc1. The van der Waals surface area contributed by atoms with E-state index in [0.29, 0.717) is 18.8 Å². The minimum absolute atomic E-state index is 0.0126. The third-order valence-corrected chi connectivity index (χ3v) is 5.43. The summed E-state index contributed by atoms with van der Waals surface area (Å²) in [6, 6.07) is 10.2. The van der Waals surface area contributed by atoms with E-state index in [2.05, 4.69) is 22.0 Å². The molecule has 1 aromatic carbocycles. The van der Waals surface area contributed by atoms with Crippen LogP contribution >= 0.6 is 0 Å². The summed E-state index contributed by atoms with van der Waals surface area (Å²) in [7, 11) is 1.86. The molecule has 138 valence electrons. The smallest absolute Gasteiger partial charge is 0.272 e. The third kappa shape index (κ3) is 3.39. The van der Waals surface area contributed by atoms with Crippen LogP contribution < -0.4 is 0 Å². The van der Waals surface area contributed by atoms with Crippen molar-refractivity contribution in [2.75, 3.05) is 32.8 Å². The van der Waals surface area contributed by atoms with Crippen molar-refractivity contribution >= 4 is 5.91 Å². The van der Waals surface area contributed by atoms with E-state index in [1.54, 1.807) is 17.1 Å². The minimum Gasteiger partial charge on any atom is -0.373 e. The van der Waals surface area contributed by atoms with Crippen molar-refractivity contribution < 1.29 is 9.53 Å². The lowest BCUT2D eigenvalue weighted by atomic mass is 9.97. The van der Waals surface area contributed by atoms with Gasteiger partial charge in [-0.1, -0.05) is 30.3 Å². The van der Waals surface area contributed by atoms with Gasteiger partial charge in [-0.25, -0.2) is 4.98 Å². The molecule has 0 bridgehead atoms. The van der Waals surface area contributed by atoms with E-state index in [4.69, 9.17) is 4.74 Å². The Bertz CT molecular complexity index is 739. The molecule has 2 aliphatic rings. The van der Waals surface area contributed by atoms with Crippen LogP contribution in [0.1, 0.15) is 34.9 Å². The molecule has 2 aromatic rings. The first-order valence-corrected chi connectivity index (χ1v) is 9.40. The van der Waals surface area contributed by atoms with E-state index >= 15 is 0 Å². The summed E-state index contributed by atoms with van der Waals surface area (Å²) in [5.41, 5.74) is 1.75. The Kier molecular flexibility index (Phi) is 5.04. The van der Waals surface area contributed by atoms with Crippen LogP contribution in [0.15, 0.2) is 42.9 Å². The number of ether oxygens (including phenoxy) is 1. The fourth-order valence-corrected chi connectivity index (χ4v) is 4.09. The Hall–Kier alpha value is -2.18. The fraction of sp³-hybridized carbons (Fsp3) is 0.500. The van der Waals surface area contributed by atoms with Crippen LogP contribution in [0, 0.1) is 0 Å². The number of likely N-dealkylation sites (tertiary alicyclic amines) is 1. The molecule has 0 unspecified atom stereocenters. The highest BCUT2D eigenvalue weighted by Gasteiger charge is 2.38. The zero-order valence-corrected chi connectivity index (χ0v) is 15.3. The number of rotatable bonds is 4. The maximum atomic E-state index is 13.2. The quantitative estimate of drug-likeness (QED) is 0.844. The molecule has 0 radical (unpaired) electrons. The number of amides is 1. The Morgan fingerprint density at radius 1 is 1.19 bits per heavy atom. The van der Waals surface area contributed by atoms with Gasteiger partial charge in [-0.05, 0) is 31.5 Å². The highest BCUT2D eigenvalue weighted by atomic mass is 16.5. The molecule has 0 spiro atoms. The lowest BCUT2D eigenvalue weighted by Gasteiger charge is -2.42. The lowest BCUT2D eigenvalue weighted by molar-refractivity contribution is -0.0709. The molecule has 2 atom stereocenters. The zero-order valence-electron chi connectivity index (χ0n) is 15.3. The molecule has 2 fully saturated rings. The van der Waals surface area contributed by atoms with Crippen LogP contribution in [-0.2, 0) is 11.8 Å². The first kappa shape index (κ1) is 17.2. The zero-order chi connectivity index (χ0) is 17.9. The highest BCUT2D eigenvalue weighted by Crippen LogP contribution is 2.32. The fourth-order valence-electron chi connectivity index (χ4n) is 4.09. The minimum atomic E-state index is -0.0760. The van der Waals surface area contributed by atoms with Gasteiger partial charge in [0.05, 0.1) is 31.3 Å². The summed E-state index contributed by atoms with van der Waals surface area (Å²) < 4.78 is 7.96. The molecule has 26 heavy (non-hydrogen) atoms. The maximum absolute atomic E-state index is 13.2. The Labute approximate surface area is 154 Å². The van der Waals surface area contributed by atoms with Crippen LogP contribution in [-0.4, -0.2) is 64.1 Å². The largest absolute Gasteiger partial charge is 0.373 e. The number of hydrogen-bond donors (Lipinski definition) is 0. The molecule has 1 amide bonds. The van der Waals surface area contributed by atoms with E-state index in [-0.39, 0.29) is 18.1 Å². The Morgan fingerprint density at radius 3 is 2.65 bits per heavy atom. The molecule has 2 aliphatic heterocycles. The van der Waals surface area contributed by atoms with Crippen molar-refractivity contribution in [1.29, 1.82) is 0 Å². The van der Waals surface area contributed by atoms with Gasteiger partial charge in [-0.2, -0.15) is 0 Å². The molecular formula is C20H26N4O2. The number of benzene rings is 1. The van der Waals surface area contributed by atoms with E-state index in [9.17, 15) is 4.79 Å². The first-order valence-electron chi connectivity index (χ1n) is 9.40. The van der Waals surface area contributed by atoms with Crippen LogP contribution in [0.25, 0.3) is 0 Å². The van der Waals surface area contributed by atoms with Gasteiger partial charge in [0, 0.05) is 20.1 Å². The average molecular weight is 354 g/mol. The molecule has 6 nitrogen and oxygen atoms in total. The molecular weight excluding hydrogens is 328 g/mol. The Balaban J connectivity index is 1.64. The molecule has 0 saturated carbocycles. The second-order valence-electron chi connectivity index (χ2n) is 7.16. The molecule has 1 aromatic heterocycles. The van der Waals surface area contributed by atoms with Crippen molar-refractivity contribution in [3.05, 3.63) is 54.1 Å². The van der Waals surface area contributed by atoms with Crippen LogP contribution in [0.5, 0.6) is 0 Å².